The predicted octanol–water partition coefficient (Wildman–Crippen LogP) is 1.72. The second kappa shape index (κ2) is 4.43. The van der Waals surface area contributed by atoms with E-state index in [-0.39, 0.29) is 11.8 Å². The lowest BCUT2D eigenvalue weighted by atomic mass is 9.82. The van der Waals surface area contributed by atoms with Crippen molar-refractivity contribution in [3.05, 3.63) is 23.8 Å². The SMILES string of the molecule is CC(C)C1(O)CN(C(=O)c2ccc3nc(N)sc3c2)C1. The van der Waals surface area contributed by atoms with Crippen molar-refractivity contribution < 1.29 is 9.90 Å². The molecule has 3 rings (SSSR count). The van der Waals surface area contributed by atoms with Gasteiger partial charge in [-0.3, -0.25) is 4.79 Å². The molecule has 0 atom stereocenters. The largest absolute Gasteiger partial charge is 0.386 e. The number of aromatic nitrogens is 1. The van der Waals surface area contributed by atoms with E-state index in [1.54, 1.807) is 11.0 Å². The number of carbonyl (C=O) groups is 1. The summed E-state index contributed by atoms with van der Waals surface area (Å²) in [5.41, 5.74) is 6.35. The molecule has 1 saturated heterocycles. The lowest BCUT2D eigenvalue weighted by Gasteiger charge is -2.49. The van der Waals surface area contributed by atoms with E-state index in [2.05, 4.69) is 4.98 Å². The number of nitrogen functional groups attached to an aromatic ring is 1. The monoisotopic (exact) mass is 291 g/mol. The first-order valence-electron chi connectivity index (χ1n) is 6.57. The molecule has 0 spiro atoms. The summed E-state index contributed by atoms with van der Waals surface area (Å²) in [5.74, 6) is 0.0968. The second-order valence-corrected chi connectivity index (χ2v) is 6.72. The van der Waals surface area contributed by atoms with Gasteiger partial charge in [-0.2, -0.15) is 0 Å². The number of hydrogen-bond donors (Lipinski definition) is 2. The predicted molar refractivity (Wildman–Crippen MR) is 79.7 cm³/mol. The molecule has 0 radical (unpaired) electrons. The Hall–Kier alpha value is -1.66. The highest BCUT2D eigenvalue weighted by Crippen LogP contribution is 2.31. The van der Waals surface area contributed by atoms with Crippen molar-refractivity contribution in [2.75, 3.05) is 18.8 Å². The number of benzene rings is 1. The number of amides is 1. The fourth-order valence-corrected chi connectivity index (χ4v) is 3.15. The van der Waals surface area contributed by atoms with Gasteiger partial charge >= 0.3 is 0 Å². The van der Waals surface area contributed by atoms with Crippen LogP contribution < -0.4 is 5.73 Å². The topological polar surface area (TPSA) is 79.5 Å². The molecule has 106 valence electrons. The van der Waals surface area contributed by atoms with Gasteiger partial charge in [0.2, 0.25) is 0 Å². The van der Waals surface area contributed by atoms with E-state index in [0.29, 0.717) is 23.8 Å². The number of thiazole rings is 1. The van der Waals surface area contributed by atoms with E-state index >= 15 is 0 Å². The minimum absolute atomic E-state index is 0.0517. The van der Waals surface area contributed by atoms with Crippen LogP contribution in [-0.4, -0.2) is 39.6 Å². The number of nitrogens with two attached hydrogens (primary N) is 1. The summed E-state index contributed by atoms with van der Waals surface area (Å²) in [6, 6.07) is 5.39. The fraction of sp³-hybridized carbons (Fsp3) is 0.429. The van der Waals surface area contributed by atoms with Crippen molar-refractivity contribution in [2.45, 2.75) is 19.4 Å². The van der Waals surface area contributed by atoms with Crippen molar-refractivity contribution in [1.82, 2.24) is 9.88 Å². The molecule has 1 aromatic carbocycles. The molecule has 6 heteroatoms. The van der Waals surface area contributed by atoms with Crippen molar-refractivity contribution in [3.8, 4) is 0 Å². The normalized spacial score (nSPS) is 17.5. The zero-order chi connectivity index (χ0) is 14.5. The van der Waals surface area contributed by atoms with Crippen molar-refractivity contribution >= 4 is 32.6 Å². The van der Waals surface area contributed by atoms with Crippen LogP contribution in [0.4, 0.5) is 5.13 Å². The van der Waals surface area contributed by atoms with Crippen LogP contribution in [0.2, 0.25) is 0 Å². The van der Waals surface area contributed by atoms with Gasteiger partial charge in [-0.05, 0) is 24.1 Å². The van der Waals surface area contributed by atoms with Crippen molar-refractivity contribution in [1.29, 1.82) is 0 Å². The number of anilines is 1. The number of carbonyl (C=O) groups excluding carboxylic acids is 1. The lowest BCUT2D eigenvalue weighted by Crippen LogP contribution is -2.65. The number of rotatable bonds is 2. The van der Waals surface area contributed by atoms with Gasteiger partial charge in [-0.1, -0.05) is 25.2 Å². The first kappa shape index (κ1) is 13.3. The molecular formula is C14H17N3O2S. The van der Waals surface area contributed by atoms with E-state index in [9.17, 15) is 9.90 Å². The molecule has 0 bridgehead atoms. The van der Waals surface area contributed by atoms with Gasteiger partial charge in [0, 0.05) is 5.56 Å². The van der Waals surface area contributed by atoms with Crippen LogP contribution in [0.3, 0.4) is 0 Å². The Balaban J connectivity index is 1.80. The Morgan fingerprint density at radius 3 is 2.85 bits per heavy atom. The summed E-state index contributed by atoms with van der Waals surface area (Å²) in [6.45, 7) is 4.72. The standard InChI is InChI=1S/C14H17N3O2S/c1-8(2)14(19)6-17(7-14)12(18)9-3-4-10-11(5-9)20-13(15)16-10/h3-5,8,19H,6-7H2,1-2H3,(H2,15,16). The van der Waals surface area contributed by atoms with Crippen molar-refractivity contribution in [3.63, 3.8) is 0 Å². The molecule has 2 heterocycles. The van der Waals surface area contributed by atoms with E-state index in [0.717, 1.165) is 10.2 Å². The first-order valence-corrected chi connectivity index (χ1v) is 7.38. The van der Waals surface area contributed by atoms with Crippen LogP contribution in [0.25, 0.3) is 10.2 Å². The van der Waals surface area contributed by atoms with Crippen LogP contribution in [0.1, 0.15) is 24.2 Å². The van der Waals surface area contributed by atoms with Crippen molar-refractivity contribution in [2.24, 2.45) is 5.92 Å². The molecule has 2 aromatic rings. The maximum Gasteiger partial charge on any atom is 0.254 e. The molecule has 0 aliphatic carbocycles. The third-order valence-corrected chi connectivity index (χ3v) is 4.79. The van der Waals surface area contributed by atoms with E-state index in [1.807, 2.05) is 26.0 Å². The Kier molecular flexibility index (Phi) is 2.95. The summed E-state index contributed by atoms with van der Waals surface area (Å²) in [6.07, 6.45) is 0. The average molecular weight is 291 g/mol. The summed E-state index contributed by atoms with van der Waals surface area (Å²) < 4.78 is 0.910. The minimum atomic E-state index is -0.741. The molecule has 1 amide bonds. The molecule has 1 fully saturated rings. The second-order valence-electron chi connectivity index (χ2n) is 5.65. The van der Waals surface area contributed by atoms with Gasteiger partial charge in [0.05, 0.1) is 23.3 Å². The summed E-state index contributed by atoms with van der Waals surface area (Å²) in [5, 5.41) is 10.7. The zero-order valence-corrected chi connectivity index (χ0v) is 12.3. The van der Waals surface area contributed by atoms with E-state index in [4.69, 9.17) is 5.73 Å². The minimum Gasteiger partial charge on any atom is -0.386 e. The smallest absolute Gasteiger partial charge is 0.254 e. The molecule has 1 aliphatic heterocycles. The number of hydrogen-bond acceptors (Lipinski definition) is 5. The Morgan fingerprint density at radius 1 is 1.50 bits per heavy atom. The number of β-amino-alcohol motifs (C(OH)–C–C–N with tert-alkyl or cyclic N) is 1. The van der Waals surface area contributed by atoms with Crippen LogP contribution in [-0.2, 0) is 0 Å². The average Bonchev–Trinajstić information content (AvgIpc) is 2.72. The molecule has 0 saturated carbocycles. The quantitative estimate of drug-likeness (QED) is 0.883. The number of fused-ring (bicyclic) bond motifs is 1. The molecule has 1 aromatic heterocycles. The molecular weight excluding hydrogens is 274 g/mol. The van der Waals surface area contributed by atoms with Crippen LogP contribution in [0, 0.1) is 5.92 Å². The van der Waals surface area contributed by atoms with Crippen LogP contribution in [0.5, 0.6) is 0 Å². The highest BCUT2D eigenvalue weighted by atomic mass is 32.1. The lowest BCUT2D eigenvalue weighted by molar-refractivity contribution is -0.110. The van der Waals surface area contributed by atoms with Crippen LogP contribution in [0.15, 0.2) is 18.2 Å². The number of aliphatic hydroxyl groups is 1. The van der Waals surface area contributed by atoms with Gasteiger partial charge in [0.1, 0.15) is 5.60 Å². The highest BCUT2D eigenvalue weighted by Gasteiger charge is 2.45. The van der Waals surface area contributed by atoms with Gasteiger partial charge in [-0.25, -0.2) is 4.98 Å². The maximum absolute atomic E-state index is 12.4. The molecule has 0 unspecified atom stereocenters. The Morgan fingerprint density at radius 2 is 2.20 bits per heavy atom. The van der Waals surface area contributed by atoms with Gasteiger partial charge in [-0.15, -0.1) is 0 Å². The summed E-state index contributed by atoms with van der Waals surface area (Å²) >= 11 is 1.37. The summed E-state index contributed by atoms with van der Waals surface area (Å²) in [7, 11) is 0. The maximum atomic E-state index is 12.4. The Labute approximate surface area is 121 Å². The molecule has 3 N–H and O–H groups in total. The Bertz CT molecular complexity index is 674. The number of nitrogens with zero attached hydrogens (tertiary/aromatic N) is 2. The van der Waals surface area contributed by atoms with Gasteiger partial charge in [0.25, 0.3) is 5.91 Å². The number of likely N-dealkylation sites (tertiary alicyclic amines) is 1. The fourth-order valence-electron chi connectivity index (χ4n) is 2.38. The highest BCUT2D eigenvalue weighted by molar-refractivity contribution is 7.22. The van der Waals surface area contributed by atoms with E-state index < -0.39 is 5.60 Å². The van der Waals surface area contributed by atoms with Crippen LogP contribution >= 0.6 is 11.3 Å². The third-order valence-electron chi connectivity index (χ3n) is 3.94. The zero-order valence-electron chi connectivity index (χ0n) is 11.5. The third kappa shape index (κ3) is 2.05. The van der Waals surface area contributed by atoms with Gasteiger partial charge in [0.15, 0.2) is 5.13 Å². The first-order chi connectivity index (χ1) is 9.39. The summed E-state index contributed by atoms with van der Waals surface area (Å²) in [4.78, 5) is 18.2. The molecule has 5 nitrogen and oxygen atoms in total. The van der Waals surface area contributed by atoms with Gasteiger partial charge < -0.3 is 15.7 Å². The van der Waals surface area contributed by atoms with E-state index in [1.165, 1.54) is 11.3 Å². The molecule has 1 aliphatic rings. The molecule has 20 heavy (non-hydrogen) atoms.